The Kier molecular flexibility index (Phi) is 4.35. The first-order valence-electron chi connectivity index (χ1n) is 6.06. The van der Waals surface area contributed by atoms with Crippen LogP contribution in [0.5, 0.6) is 0 Å². The molecular formula is C11H17N5O4. The maximum atomic E-state index is 11.6. The van der Waals surface area contributed by atoms with Crippen molar-refractivity contribution in [1.82, 2.24) is 20.3 Å². The van der Waals surface area contributed by atoms with Crippen molar-refractivity contribution in [2.75, 3.05) is 18.9 Å². The van der Waals surface area contributed by atoms with E-state index in [1.54, 1.807) is 6.20 Å². The number of rotatable bonds is 6. The van der Waals surface area contributed by atoms with Gasteiger partial charge in [0, 0.05) is 24.8 Å². The predicted octanol–water partition coefficient (Wildman–Crippen LogP) is -2.36. The Morgan fingerprint density at radius 2 is 2.15 bits per heavy atom. The lowest BCUT2D eigenvalue weighted by Crippen LogP contribution is -2.38. The van der Waals surface area contributed by atoms with E-state index < -0.39 is 18.8 Å². The molecule has 2 aromatic heterocycles. The molecule has 0 radical (unpaired) electrons. The zero-order chi connectivity index (χ0) is 14.7. The number of nitrogens with zero attached hydrogens (tertiary/aromatic N) is 1. The molecule has 0 aliphatic heterocycles. The minimum Gasteiger partial charge on any atom is -0.394 e. The summed E-state index contributed by atoms with van der Waals surface area (Å²) in [6.07, 6.45) is -0.650. The molecule has 8 N–H and O–H groups in total. The Morgan fingerprint density at radius 1 is 1.40 bits per heavy atom. The number of anilines is 1. The first-order chi connectivity index (χ1) is 9.52. The van der Waals surface area contributed by atoms with Gasteiger partial charge in [-0.3, -0.25) is 9.78 Å². The number of aromatic amines is 2. The molecule has 2 rings (SSSR count). The number of nitrogens with one attached hydrogen (secondary N) is 3. The summed E-state index contributed by atoms with van der Waals surface area (Å²) < 4.78 is 0. The van der Waals surface area contributed by atoms with Crippen LogP contribution >= 0.6 is 0 Å². The van der Waals surface area contributed by atoms with E-state index in [2.05, 4.69) is 20.3 Å². The van der Waals surface area contributed by atoms with Gasteiger partial charge in [0.2, 0.25) is 5.95 Å². The lowest BCUT2D eigenvalue weighted by atomic mass is 10.2. The normalized spacial score (nSPS) is 14.6. The van der Waals surface area contributed by atoms with E-state index in [4.69, 9.17) is 10.8 Å². The van der Waals surface area contributed by atoms with Crippen LogP contribution in [0, 0.1) is 0 Å². The molecule has 9 heteroatoms. The van der Waals surface area contributed by atoms with Gasteiger partial charge in [0.15, 0.2) is 0 Å². The van der Waals surface area contributed by atoms with Crippen LogP contribution in [-0.4, -0.2) is 55.6 Å². The highest BCUT2D eigenvalue weighted by Gasteiger charge is 2.15. The number of aliphatic hydroxyl groups excluding tert-OH is 3. The van der Waals surface area contributed by atoms with Gasteiger partial charge in [-0.2, -0.15) is 0 Å². The summed E-state index contributed by atoms with van der Waals surface area (Å²) in [6, 6.07) is 0. The SMILES string of the molecule is Nc1nc2c(CNC[C@@H](O)[C@H](O)CO)c[nH]c2c(=O)[nH]1. The zero-order valence-corrected chi connectivity index (χ0v) is 10.6. The van der Waals surface area contributed by atoms with Crippen LogP contribution in [-0.2, 0) is 6.54 Å². The molecule has 2 atom stereocenters. The van der Waals surface area contributed by atoms with Crippen LogP contribution in [0.25, 0.3) is 11.0 Å². The maximum absolute atomic E-state index is 11.6. The van der Waals surface area contributed by atoms with Crippen LogP contribution in [0.3, 0.4) is 0 Å². The monoisotopic (exact) mass is 283 g/mol. The minimum absolute atomic E-state index is 0.0269. The van der Waals surface area contributed by atoms with Crippen molar-refractivity contribution < 1.29 is 15.3 Å². The number of fused-ring (bicyclic) bond motifs is 1. The predicted molar refractivity (Wildman–Crippen MR) is 71.9 cm³/mol. The van der Waals surface area contributed by atoms with Crippen molar-refractivity contribution in [3.8, 4) is 0 Å². The lowest BCUT2D eigenvalue weighted by Gasteiger charge is -2.15. The molecule has 0 aliphatic rings. The fourth-order valence-electron chi connectivity index (χ4n) is 1.83. The molecule has 0 unspecified atom stereocenters. The van der Waals surface area contributed by atoms with Gasteiger partial charge >= 0.3 is 0 Å². The Balaban J connectivity index is 2.06. The summed E-state index contributed by atoms with van der Waals surface area (Å²) in [4.78, 5) is 20.8. The van der Waals surface area contributed by atoms with Crippen molar-refractivity contribution in [2.24, 2.45) is 0 Å². The highest BCUT2D eigenvalue weighted by molar-refractivity contribution is 5.78. The average Bonchev–Trinajstić information content (AvgIpc) is 2.81. The topological polar surface area (TPSA) is 160 Å². The number of nitrogen functional groups attached to an aromatic ring is 1. The van der Waals surface area contributed by atoms with E-state index in [1.807, 2.05) is 0 Å². The largest absolute Gasteiger partial charge is 0.394 e. The fraction of sp³-hybridized carbons (Fsp3) is 0.455. The number of hydrogen-bond donors (Lipinski definition) is 7. The third-order valence-electron chi connectivity index (χ3n) is 2.93. The quantitative estimate of drug-likeness (QED) is 0.312. The lowest BCUT2D eigenvalue weighted by molar-refractivity contribution is -0.0129. The summed E-state index contributed by atoms with van der Waals surface area (Å²) >= 11 is 0. The Bertz CT molecular complexity index is 637. The van der Waals surface area contributed by atoms with E-state index >= 15 is 0 Å². The van der Waals surface area contributed by atoms with Gasteiger partial charge in [0.25, 0.3) is 5.56 Å². The second-order valence-electron chi connectivity index (χ2n) is 4.44. The first-order valence-corrected chi connectivity index (χ1v) is 6.06. The van der Waals surface area contributed by atoms with Crippen molar-refractivity contribution in [2.45, 2.75) is 18.8 Å². The molecule has 0 bridgehead atoms. The summed E-state index contributed by atoms with van der Waals surface area (Å²) in [6.45, 7) is -0.0957. The molecule has 0 spiro atoms. The van der Waals surface area contributed by atoms with Gasteiger partial charge in [-0.05, 0) is 0 Å². The highest BCUT2D eigenvalue weighted by atomic mass is 16.4. The van der Waals surface area contributed by atoms with Gasteiger partial charge < -0.3 is 31.4 Å². The number of hydrogen-bond acceptors (Lipinski definition) is 7. The minimum atomic E-state index is -1.19. The third kappa shape index (κ3) is 2.96. The molecular weight excluding hydrogens is 266 g/mol. The van der Waals surface area contributed by atoms with Crippen molar-refractivity contribution in [1.29, 1.82) is 0 Å². The summed E-state index contributed by atoms with van der Waals surface area (Å²) in [5.41, 5.74) is 6.63. The van der Waals surface area contributed by atoms with E-state index in [9.17, 15) is 15.0 Å². The van der Waals surface area contributed by atoms with Crippen LogP contribution in [0.1, 0.15) is 5.56 Å². The second kappa shape index (κ2) is 6.01. The Morgan fingerprint density at radius 3 is 2.85 bits per heavy atom. The highest BCUT2D eigenvalue weighted by Crippen LogP contribution is 2.12. The number of aliphatic hydroxyl groups is 3. The maximum Gasteiger partial charge on any atom is 0.276 e. The van der Waals surface area contributed by atoms with Crippen LogP contribution < -0.4 is 16.6 Å². The van der Waals surface area contributed by atoms with Crippen LogP contribution in [0.2, 0.25) is 0 Å². The second-order valence-corrected chi connectivity index (χ2v) is 4.44. The fourth-order valence-corrected chi connectivity index (χ4v) is 1.83. The molecule has 0 saturated heterocycles. The van der Waals surface area contributed by atoms with Crippen molar-refractivity contribution >= 4 is 17.0 Å². The molecule has 110 valence electrons. The van der Waals surface area contributed by atoms with Gasteiger partial charge in [-0.15, -0.1) is 0 Å². The molecule has 0 amide bonds. The summed E-state index contributed by atoms with van der Waals surface area (Å²) in [5, 5.41) is 30.3. The van der Waals surface area contributed by atoms with Gasteiger partial charge in [-0.25, -0.2) is 4.98 Å². The first kappa shape index (κ1) is 14.5. The molecule has 2 heterocycles. The molecule has 20 heavy (non-hydrogen) atoms. The molecule has 9 nitrogen and oxygen atoms in total. The molecule has 0 aromatic carbocycles. The van der Waals surface area contributed by atoms with Crippen molar-refractivity contribution in [3.05, 3.63) is 22.1 Å². The van der Waals surface area contributed by atoms with E-state index in [1.165, 1.54) is 0 Å². The molecule has 0 saturated carbocycles. The number of aromatic nitrogens is 3. The average molecular weight is 283 g/mol. The van der Waals surface area contributed by atoms with E-state index in [-0.39, 0.29) is 18.1 Å². The Hall–Kier alpha value is -1.94. The molecule has 0 fully saturated rings. The number of nitrogens with two attached hydrogens (primary N) is 1. The van der Waals surface area contributed by atoms with Gasteiger partial charge in [-0.1, -0.05) is 0 Å². The van der Waals surface area contributed by atoms with Crippen molar-refractivity contribution in [3.63, 3.8) is 0 Å². The molecule has 2 aromatic rings. The smallest absolute Gasteiger partial charge is 0.276 e. The van der Waals surface area contributed by atoms with E-state index in [0.29, 0.717) is 23.1 Å². The standard InChI is InChI=1S/C11H17N5O4/c12-11-15-8-5(2-14-9(8)10(20)16-11)1-13-3-6(18)7(19)4-17/h2,6-7,13-14,17-19H,1,3-4H2,(H3,12,15,16,20)/t6-,7-/m1/s1. The van der Waals surface area contributed by atoms with Gasteiger partial charge in [0.1, 0.15) is 17.1 Å². The van der Waals surface area contributed by atoms with Crippen LogP contribution in [0.4, 0.5) is 5.95 Å². The molecule has 0 aliphatic carbocycles. The summed E-state index contributed by atoms with van der Waals surface area (Å²) in [5.74, 6) is 0.0269. The van der Waals surface area contributed by atoms with E-state index in [0.717, 1.165) is 0 Å². The Labute approximate surface area is 113 Å². The third-order valence-corrected chi connectivity index (χ3v) is 2.93. The number of H-pyrrole nitrogens is 2. The van der Waals surface area contributed by atoms with Crippen LogP contribution in [0.15, 0.2) is 11.0 Å². The zero-order valence-electron chi connectivity index (χ0n) is 10.6. The summed E-state index contributed by atoms with van der Waals surface area (Å²) in [7, 11) is 0. The van der Waals surface area contributed by atoms with Gasteiger partial charge in [0.05, 0.1) is 12.7 Å².